The molecule has 0 unspecified atom stereocenters. The average Bonchev–Trinajstić information content (AvgIpc) is 2.38. The van der Waals surface area contributed by atoms with Gasteiger partial charge in [0.25, 0.3) is 0 Å². The molecule has 0 aromatic heterocycles. The lowest BCUT2D eigenvalue weighted by Crippen LogP contribution is -2.28. The smallest absolute Gasteiger partial charge is 0.236 e. The molecular formula is C15H20N2O. The molecule has 0 radical (unpaired) electrons. The van der Waals surface area contributed by atoms with Gasteiger partial charge in [-0.15, -0.1) is 0 Å². The van der Waals surface area contributed by atoms with Crippen LogP contribution in [-0.4, -0.2) is 24.4 Å². The second-order valence-electron chi connectivity index (χ2n) is 4.47. The summed E-state index contributed by atoms with van der Waals surface area (Å²) in [5.74, 6) is -0.111. The summed E-state index contributed by atoms with van der Waals surface area (Å²) in [5, 5.41) is 8.45. The molecule has 1 aromatic carbocycles. The Morgan fingerprint density at radius 2 is 1.78 bits per heavy atom. The maximum atomic E-state index is 11.4. The molecule has 0 aliphatic carbocycles. The summed E-state index contributed by atoms with van der Waals surface area (Å²) in [6.07, 6.45) is 3.07. The number of hydrogen-bond acceptors (Lipinski definition) is 2. The number of aryl methyl sites for hydroxylation is 1. The van der Waals surface area contributed by atoms with E-state index in [1.54, 1.807) is 11.9 Å². The average molecular weight is 244 g/mol. The number of likely N-dealkylation sites (N-methyl/N-ethyl adjacent to an activating group) is 1. The monoisotopic (exact) mass is 244 g/mol. The Labute approximate surface area is 109 Å². The fraction of sp³-hybridized carbons (Fsp3) is 0.467. The van der Waals surface area contributed by atoms with Crippen molar-refractivity contribution in [2.45, 2.75) is 32.6 Å². The minimum atomic E-state index is -0.111. The van der Waals surface area contributed by atoms with Crippen LogP contribution >= 0.6 is 0 Å². The van der Waals surface area contributed by atoms with E-state index < -0.39 is 0 Å². The molecule has 0 heterocycles. The summed E-state index contributed by atoms with van der Waals surface area (Å²) in [4.78, 5) is 13.0. The summed E-state index contributed by atoms with van der Waals surface area (Å²) >= 11 is 0. The van der Waals surface area contributed by atoms with Crippen LogP contribution in [0.25, 0.3) is 0 Å². The van der Waals surface area contributed by atoms with E-state index in [1.165, 1.54) is 11.1 Å². The molecule has 0 spiro atoms. The van der Waals surface area contributed by atoms with Gasteiger partial charge in [0.05, 0.1) is 6.07 Å². The number of nitriles is 1. The molecule has 0 bridgehead atoms. The topological polar surface area (TPSA) is 44.1 Å². The van der Waals surface area contributed by atoms with Gasteiger partial charge in [0.2, 0.25) is 5.91 Å². The molecule has 0 atom stereocenters. The van der Waals surface area contributed by atoms with Crippen molar-refractivity contribution < 1.29 is 4.79 Å². The van der Waals surface area contributed by atoms with Crippen LogP contribution in [0.3, 0.4) is 0 Å². The summed E-state index contributed by atoms with van der Waals surface area (Å²) < 4.78 is 0. The molecule has 0 N–H and O–H groups in total. The van der Waals surface area contributed by atoms with E-state index in [2.05, 4.69) is 31.2 Å². The first-order valence-corrected chi connectivity index (χ1v) is 6.36. The van der Waals surface area contributed by atoms with Gasteiger partial charge in [-0.3, -0.25) is 4.79 Å². The number of nitrogens with zero attached hydrogens (tertiary/aromatic N) is 2. The van der Waals surface area contributed by atoms with Gasteiger partial charge >= 0.3 is 0 Å². The third-order valence-corrected chi connectivity index (χ3v) is 2.95. The fourth-order valence-corrected chi connectivity index (χ4v) is 1.79. The third-order valence-electron chi connectivity index (χ3n) is 2.95. The van der Waals surface area contributed by atoms with Gasteiger partial charge in [-0.25, -0.2) is 0 Å². The maximum absolute atomic E-state index is 11.4. The minimum absolute atomic E-state index is 0.0358. The highest BCUT2D eigenvalue weighted by Crippen LogP contribution is 2.08. The largest absolute Gasteiger partial charge is 0.345 e. The standard InChI is InChI=1S/C15H20N2O/c1-3-4-13-5-7-14(8-6-13)10-12-17(2)15(18)9-11-16/h5-8H,3-4,9-10,12H2,1-2H3. The quantitative estimate of drug-likeness (QED) is 0.772. The fourth-order valence-electron chi connectivity index (χ4n) is 1.79. The number of rotatable bonds is 6. The van der Waals surface area contributed by atoms with E-state index in [0.717, 1.165) is 19.3 Å². The van der Waals surface area contributed by atoms with E-state index in [1.807, 2.05) is 6.07 Å². The zero-order valence-corrected chi connectivity index (χ0v) is 11.1. The van der Waals surface area contributed by atoms with Crippen LogP contribution < -0.4 is 0 Å². The molecule has 0 fully saturated rings. The van der Waals surface area contributed by atoms with Crippen molar-refractivity contribution in [3.8, 4) is 6.07 Å². The van der Waals surface area contributed by atoms with Crippen LogP contribution in [0.2, 0.25) is 0 Å². The van der Waals surface area contributed by atoms with Gasteiger partial charge in [0.15, 0.2) is 0 Å². The SMILES string of the molecule is CCCc1ccc(CCN(C)C(=O)CC#N)cc1. The van der Waals surface area contributed by atoms with Gasteiger partial charge in [0.1, 0.15) is 6.42 Å². The first-order valence-electron chi connectivity index (χ1n) is 6.36. The van der Waals surface area contributed by atoms with Crippen molar-refractivity contribution in [1.82, 2.24) is 4.90 Å². The Bertz CT molecular complexity index is 417. The highest BCUT2D eigenvalue weighted by Gasteiger charge is 2.07. The first kappa shape index (κ1) is 14.2. The Morgan fingerprint density at radius 1 is 1.22 bits per heavy atom. The summed E-state index contributed by atoms with van der Waals surface area (Å²) in [6.45, 7) is 2.83. The van der Waals surface area contributed by atoms with Crippen LogP contribution in [0.4, 0.5) is 0 Å². The van der Waals surface area contributed by atoms with Crippen molar-refractivity contribution in [3.63, 3.8) is 0 Å². The lowest BCUT2D eigenvalue weighted by Gasteiger charge is -2.15. The van der Waals surface area contributed by atoms with Crippen LogP contribution in [0.15, 0.2) is 24.3 Å². The lowest BCUT2D eigenvalue weighted by atomic mass is 10.1. The molecule has 1 rings (SSSR count). The Morgan fingerprint density at radius 3 is 2.28 bits per heavy atom. The van der Waals surface area contributed by atoms with E-state index in [4.69, 9.17) is 5.26 Å². The Balaban J connectivity index is 2.44. The molecule has 0 aliphatic heterocycles. The Kier molecular flexibility index (Phi) is 5.93. The molecule has 0 aliphatic rings. The Hall–Kier alpha value is -1.82. The van der Waals surface area contributed by atoms with Crippen molar-refractivity contribution in [2.75, 3.05) is 13.6 Å². The van der Waals surface area contributed by atoms with Gasteiger partial charge in [-0.05, 0) is 24.0 Å². The second kappa shape index (κ2) is 7.50. The van der Waals surface area contributed by atoms with Crippen LogP contribution in [0, 0.1) is 11.3 Å². The molecular weight excluding hydrogens is 224 g/mol. The number of amides is 1. The van der Waals surface area contributed by atoms with Gasteiger partial charge < -0.3 is 4.90 Å². The predicted octanol–water partition coefficient (Wildman–Crippen LogP) is 2.55. The summed E-state index contributed by atoms with van der Waals surface area (Å²) in [5.41, 5.74) is 2.58. The molecule has 1 aromatic rings. The zero-order chi connectivity index (χ0) is 13.4. The highest BCUT2D eigenvalue weighted by molar-refractivity contribution is 5.77. The van der Waals surface area contributed by atoms with Crippen LogP contribution in [0.1, 0.15) is 30.9 Å². The summed E-state index contributed by atoms with van der Waals surface area (Å²) in [6, 6.07) is 10.4. The van der Waals surface area contributed by atoms with Crippen LogP contribution in [-0.2, 0) is 17.6 Å². The normalized spacial score (nSPS) is 9.83. The van der Waals surface area contributed by atoms with E-state index in [0.29, 0.717) is 6.54 Å². The van der Waals surface area contributed by atoms with Gasteiger partial charge in [0, 0.05) is 13.6 Å². The lowest BCUT2D eigenvalue weighted by molar-refractivity contribution is -0.128. The molecule has 0 saturated carbocycles. The van der Waals surface area contributed by atoms with Crippen molar-refractivity contribution in [1.29, 1.82) is 5.26 Å². The van der Waals surface area contributed by atoms with E-state index in [9.17, 15) is 4.79 Å². The number of benzene rings is 1. The maximum Gasteiger partial charge on any atom is 0.236 e. The third kappa shape index (κ3) is 4.58. The van der Waals surface area contributed by atoms with E-state index >= 15 is 0 Å². The van der Waals surface area contributed by atoms with Crippen LogP contribution in [0.5, 0.6) is 0 Å². The molecule has 0 saturated heterocycles. The molecule has 18 heavy (non-hydrogen) atoms. The second-order valence-corrected chi connectivity index (χ2v) is 4.47. The highest BCUT2D eigenvalue weighted by atomic mass is 16.2. The molecule has 1 amide bonds. The van der Waals surface area contributed by atoms with Crippen molar-refractivity contribution >= 4 is 5.91 Å². The molecule has 3 heteroatoms. The zero-order valence-electron chi connectivity index (χ0n) is 11.1. The molecule has 96 valence electrons. The van der Waals surface area contributed by atoms with Gasteiger partial charge in [-0.2, -0.15) is 5.26 Å². The van der Waals surface area contributed by atoms with Gasteiger partial charge in [-0.1, -0.05) is 37.6 Å². The van der Waals surface area contributed by atoms with E-state index in [-0.39, 0.29) is 12.3 Å². The minimum Gasteiger partial charge on any atom is -0.345 e. The summed E-state index contributed by atoms with van der Waals surface area (Å²) in [7, 11) is 1.74. The first-order chi connectivity index (χ1) is 8.67. The number of hydrogen-bond donors (Lipinski definition) is 0. The predicted molar refractivity (Wildman–Crippen MR) is 72.0 cm³/mol. The van der Waals surface area contributed by atoms with Crippen molar-refractivity contribution in [3.05, 3.63) is 35.4 Å². The molecule has 3 nitrogen and oxygen atoms in total. The number of carbonyl (C=O) groups excluding carboxylic acids is 1. The van der Waals surface area contributed by atoms with Crippen molar-refractivity contribution in [2.24, 2.45) is 0 Å². The number of carbonyl (C=O) groups is 1.